The van der Waals surface area contributed by atoms with Gasteiger partial charge in [-0.1, -0.05) is 12.1 Å². The minimum Gasteiger partial charge on any atom is -0.494 e. The molecule has 17 heteroatoms. The van der Waals surface area contributed by atoms with Crippen LogP contribution in [0.15, 0.2) is 65.5 Å². The molecular formula is C42H49BrFN10O4P. The van der Waals surface area contributed by atoms with Crippen LogP contribution in [0.5, 0.6) is 5.75 Å². The van der Waals surface area contributed by atoms with Crippen LogP contribution in [0.3, 0.4) is 0 Å². The summed E-state index contributed by atoms with van der Waals surface area (Å²) in [6, 6.07) is 13.2. The average Bonchev–Trinajstić information content (AvgIpc) is 3.20. The number of nitrogens with one attached hydrogen (secondary N) is 5. The Kier molecular flexibility index (Phi) is 13.2. The van der Waals surface area contributed by atoms with Crippen LogP contribution in [0.4, 0.5) is 33.2 Å². The van der Waals surface area contributed by atoms with Crippen LogP contribution >= 0.6 is 23.1 Å². The van der Waals surface area contributed by atoms with Gasteiger partial charge in [-0.2, -0.15) is 4.98 Å². The summed E-state index contributed by atoms with van der Waals surface area (Å²) < 4.78 is 34.8. The van der Waals surface area contributed by atoms with E-state index in [1.165, 1.54) is 6.07 Å². The lowest BCUT2D eigenvalue weighted by Gasteiger charge is -2.35. The third-order valence-electron chi connectivity index (χ3n) is 10.8. The van der Waals surface area contributed by atoms with Gasteiger partial charge in [-0.15, -0.1) is 0 Å². The molecule has 2 saturated heterocycles. The van der Waals surface area contributed by atoms with E-state index in [2.05, 4.69) is 75.4 Å². The Labute approximate surface area is 351 Å². The number of imide groups is 1. The van der Waals surface area contributed by atoms with E-state index in [9.17, 15) is 18.5 Å². The van der Waals surface area contributed by atoms with Crippen molar-refractivity contribution in [3.63, 3.8) is 0 Å². The van der Waals surface area contributed by atoms with Gasteiger partial charge in [-0.25, -0.2) is 9.37 Å². The lowest BCUT2D eigenvalue weighted by molar-refractivity contribution is -0.134. The first kappa shape index (κ1) is 42.1. The number of fused-ring (bicyclic) bond motifs is 1. The van der Waals surface area contributed by atoms with E-state index in [1.807, 2.05) is 24.3 Å². The standard InChI is InChI=1S/C42H49BrFN10O4P/c1-25-21-34(51-42-49-24-30(43)40(53-42)50-33-9-8-32-38(48-18-17-47-32)39(33)59(3,4)57)36(58-2)23-35(25)54-19-12-27(13-20-54)46-16-15-45-14-11-26-5-6-28(31(44)22-26)29-7-10-37(55)52-41(29)56/h5-6,8-9,17-18,21-24,27,29,45-46H,7,10-16,19-20H2,1-4H3,(H,52,55,56)(H2,49,50,51,53). The van der Waals surface area contributed by atoms with Crippen molar-refractivity contribution in [1.29, 1.82) is 0 Å². The number of carbonyl (C=O) groups is 2. The fourth-order valence-corrected chi connectivity index (χ4v) is 9.44. The van der Waals surface area contributed by atoms with Gasteiger partial charge < -0.3 is 35.5 Å². The summed E-state index contributed by atoms with van der Waals surface area (Å²) in [5.74, 6) is -0.247. The second-order valence-corrected chi connectivity index (χ2v) is 19.3. The Morgan fingerprint density at radius 2 is 1.76 bits per heavy atom. The molecule has 7 rings (SSSR count). The number of rotatable bonds is 15. The second kappa shape index (κ2) is 18.5. The van der Waals surface area contributed by atoms with E-state index >= 15 is 0 Å². The van der Waals surface area contributed by atoms with Gasteiger partial charge in [-0.3, -0.25) is 24.9 Å². The molecule has 2 aliphatic rings. The number of aryl methyl sites for hydroxylation is 1. The monoisotopic (exact) mass is 886 g/mol. The number of piperidine rings is 2. The molecule has 310 valence electrons. The van der Waals surface area contributed by atoms with Crippen molar-refractivity contribution >= 4 is 80.1 Å². The molecule has 3 aromatic carbocycles. The van der Waals surface area contributed by atoms with Crippen molar-refractivity contribution in [3.8, 4) is 5.75 Å². The highest BCUT2D eigenvalue weighted by Gasteiger charge is 2.30. The maximum absolute atomic E-state index is 14.9. The number of methoxy groups -OCH3 is 1. The zero-order chi connectivity index (χ0) is 41.7. The predicted molar refractivity (Wildman–Crippen MR) is 234 cm³/mol. The molecule has 1 unspecified atom stereocenters. The molecule has 2 aromatic heterocycles. The van der Waals surface area contributed by atoms with Crippen LogP contribution in [0.1, 0.15) is 48.3 Å². The molecular weight excluding hydrogens is 838 g/mol. The van der Waals surface area contributed by atoms with Gasteiger partial charge in [0.05, 0.1) is 39.7 Å². The minimum absolute atomic E-state index is 0.223. The number of nitrogens with zero attached hydrogens (tertiary/aromatic N) is 5. The van der Waals surface area contributed by atoms with Crippen molar-refractivity contribution < 1.29 is 23.3 Å². The van der Waals surface area contributed by atoms with Crippen LogP contribution in [0, 0.1) is 12.7 Å². The first-order valence-electron chi connectivity index (χ1n) is 19.7. The first-order valence-corrected chi connectivity index (χ1v) is 23.1. The van der Waals surface area contributed by atoms with E-state index in [0.29, 0.717) is 75.0 Å². The molecule has 2 aliphatic heterocycles. The number of anilines is 5. The van der Waals surface area contributed by atoms with Crippen molar-refractivity contribution in [2.45, 2.75) is 51.0 Å². The number of amides is 2. The molecule has 2 amide bonds. The molecule has 14 nitrogen and oxygen atoms in total. The number of hydrogen-bond donors (Lipinski definition) is 5. The summed E-state index contributed by atoms with van der Waals surface area (Å²) in [4.78, 5) is 44.2. The van der Waals surface area contributed by atoms with E-state index in [4.69, 9.17) is 9.72 Å². The van der Waals surface area contributed by atoms with Crippen molar-refractivity contribution in [1.82, 2.24) is 35.9 Å². The zero-order valence-corrected chi connectivity index (χ0v) is 36.1. The molecule has 0 radical (unpaired) electrons. The Morgan fingerprint density at radius 3 is 2.51 bits per heavy atom. The number of halogens is 2. The van der Waals surface area contributed by atoms with Crippen LogP contribution in [-0.4, -0.2) is 91.0 Å². The molecule has 0 saturated carbocycles. The van der Waals surface area contributed by atoms with E-state index in [1.54, 1.807) is 45.1 Å². The number of benzene rings is 3. The Hall–Kier alpha value is -5.02. The second-order valence-electron chi connectivity index (χ2n) is 15.3. The fraction of sp³-hybridized carbons (Fsp3) is 0.381. The molecule has 4 heterocycles. The molecule has 1 atom stereocenters. The average molecular weight is 888 g/mol. The largest absolute Gasteiger partial charge is 0.494 e. The van der Waals surface area contributed by atoms with Crippen molar-refractivity contribution in [2.75, 3.05) is 68.7 Å². The van der Waals surface area contributed by atoms with Crippen molar-refractivity contribution in [2.24, 2.45) is 0 Å². The van der Waals surface area contributed by atoms with Gasteiger partial charge in [0.1, 0.15) is 30.0 Å². The number of carbonyl (C=O) groups excluding carboxylic acids is 2. The maximum atomic E-state index is 14.9. The summed E-state index contributed by atoms with van der Waals surface area (Å²) in [5.41, 5.74) is 6.03. The zero-order valence-electron chi connectivity index (χ0n) is 33.6. The van der Waals surface area contributed by atoms with Crippen LogP contribution < -0.4 is 41.5 Å². The maximum Gasteiger partial charge on any atom is 0.234 e. The lowest BCUT2D eigenvalue weighted by atomic mass is 9.89. The summed E-state index contributed by atoms with van der Waals surface area (Å²) in [6.45, 7) is 9.65. The quantitative estimate of drug-likeness (QED) is 0.0452. The predicted octanol–water partition coefficient (Wildman–Crippen LogP) is 6.28. The summed E-state index contributed by atoms with van der Waals surface area (Å²) in [7, 11) is -1.12. The van der Waals surface area contributed by atoms with Crippen LogP contribution in [0.25, 0.3) is 11.0 Å². The number of ether oxygens (including phenoxy) is 1. The molecule has 0 bridgehead atoms. The Morgan fingerprint density at radius 1 is 0.966 bits per heavy atom. The summed E-state index contributed by atoms with van der Waals surface area (Å²) in [6.07, 6.45) is 8.10. The van der Waals surface area contributed by atoms with Gasteiger partial charge in [0, 0.05) is 74.5 Å². The minimum atomic E-state index is -2.77. The Balaban J connectivity index is 0.896. The van der Waals surface area contributed by atoms with Gasteiger partial charge >= 0.3 is 0 Å². The smallest absolute Gasteiger partial charge is 0.234 e. The van der Waals surface area contributed by atoms with Crippen LogP contribution in [0.2, 0.25) is 0 Å². The topological polar surface area (TPSA) is 175 Å². The molecule has 5 aromatic rings. The Bertz CT molecular complexity index is 2410. The number of aromatic nitrogens is 4. The molecule has 5 N–H and O–H groups in total. The van der Waals surface area contributed by atoms with E-state index in [0.717, 1.165) is 61.5 Å². The van der Waals surface area contributed by atoms with E-state index < -0.39 is 24.8 Å². The van der Waals surface area contributed by atoms with Gasteiger partial charge in [0.2, 0.25) is 17.8 Å². The number of hydrogen-bond acceptors (Lipinski definition) is 13. The van der Waals surface area contributed by atoms with E-state index in [-0.39, 0.29) is 12.3 Å². The lowest BCUT2D eigenvalue weighted by Crippen LogP contribution is -2.44. The molecule has 59 heavy (non-hydrogen) atoms. The van der Waals surface area contributed by atoms with Gasteiger partial charge in [0.25, 0.3) is 0 Å². The highest BCUT2D eigenvalue weighted by atomic mass is 79.9. The highest BCUT2D eigenvalue weighted by Crippen LogP contribution is 2.42. The summed E-state index contributed by atoms with van der Waals surface area (Å²) >= 11 is 3.57. The van der Waals surface area contributed by atoms with Gasteiger partial charge in [0.15, 0.2) is 0 Å². The first-order chi connectivity index (χ1) is 28.4. The van der Waals surface area contributed by atoms with Gasteiger partial charge in [-0.05, 0) is 104 Å². The third-order valence-corrected chi connectivity index (χ3v) is 12.9. The SMILES string of the molecule is COc1cc(N2CCC(NCCNCCc3ccc(C4CCC(=O)NC4=O)c(F)c3)CC2)c(C)cc1Nc1ncc(Br)c(Nc2ccc3nccnc3c2P(C)(C)=O)n1. The third kappa shape index (κ3) is 10.1. The molecule has 0 spiro atoms. The van der Waals surface area contributed by atoms with Crippen LogP contribution in [-0.2, 0) is 20.6 Å². The normalized spacial score (nSPS) is 16.3. The highest BCUT2D eigenvalue weighted by molar-refractivity contribution is 9.10. The molecule has 0 aliphatic carbocycles. The fourth-order valence-electron chi connectivity index (χ4n) is 7.76. The molecule has 2 fully saturated rings. The van der Waals surface area contributed by atoms with Crippen molar-refractivity contribution in [3.05, 3.63) is 88.0 Å². The summed E-state index contributed by atoms with van der Waals surface area (Å²) in [5, 5.41) is 16.7.